The molecule has 4 nitrogen and oxygen atoms in total. The lowest BCUT2D eigenvalue weighted by Gasteiger charge is -2.23. The van der Waals surface area contributed by atoms with Gasteiger partial charge in [-0.05, 0) is 43.7 Å². The van der Waals surface area contributed by atoms with Crippen molar-refractivity contribution in [2.75, 3.05) is 18.4 Å². The van der Waals surface area contributed by atoms with Gasteiger partial charge in [-0.15, -0.1) is 0 Å². The summed E-state index contributed by atoms with van der Waals surface area (Å²) in [5.41, 5.74) is 1.15. The van der Waals surface area contributed by atoms with E-state index < -0.39 is 0 Å². The number of anilines is 1. The highest BCUT2D eigenvalue weighted by atomic mass is 16.2. The van der Waals surface area contributed by atoms with Crippen LogP contribution in [0.3, 0.4) is 0 Å². The molecule has 3 rings (SSSR count). The number of nitrogens with one attached hydrogen (secondary N) is 1. The van der Waals surface area contributed by atoms with E-state index in [1.54, 1.807) is 6.92 Å². The molecule has 1 amide bonds. The van der Waals surface area contributed by atoms with Gasteiger partial charge in [0.15, 0.2) is 0 Å². The van der Waals surface area contributed by atoms with Crippen molar-refractivity contribution in [2.24, 2.45) is 5.92 Å². The molecule has 2 heterocycles. The van der Waals surface area contributed by atoms with Gasteiger partial charge in [0.25, 0.3) is 0 Å². The molecular weight excluding hydrogens is 274 g/mol. The van der Waals surface area contributed by atoms with E-state index in [1.807, 2.05) is 4.90 Å². The fourth-order valence-electron chi connectivity index (χ4n) is 3.71. The quantitative estimate of drug-likeness (QED) is 0.928. The summed E-state index contributed by atoms with van der Waals surface area (Å²) in [5, 5.41) is 3.60. The van der Waals surface area contributed by atoms with E-state index in [1.165, 1.54) is 32.1 Å². The Bertz CT molecular complexity index is 511. The summed E-state index contributed by atoms with van der Waals surface area (Å²) in [6.45, 7) is 3.45. The topological polar surface area (TPSA) is 45.2 Å². The van der Waals surface area contributed by atoms with E-state index in [0.717, 1.165) is 37.4 Å². The Morgan fingerprint density at radius 3 is 2.82 bits per heavy atom. The van der Waals surface area contributed by atoms with Crippen LogP contribution in [0, 0.1) is 5.92 Å². The number of nitrogens with zero attached hydrogens (tertiary/aromatic N) is 2. The fraction of sp³-hybridized carbons (Fsp3) is 0.667. The largest absolute Gasteiger partial charge is 0.367 e. The molecule has 1 aliphatic carbocycles. The van der Waals surface area contributed by atoms with Crippen molar-refractivity contribution in [2.45, 2.75) is 57.9 Å². The van der Waals surface area contributed by atoms with E-state index in [-0.39, 0.29) is 5.91 Å². The molecule has 1 saturated heterocycles. The van der Waals surface area contributed by atoms with Crippen LogP contribution in [-0.4, -0.2) is 34.9 Å². The second-order valence-corrected chi connectivity index (χ2v) is 6.82. The van der Waals surface area contributed by atoms with Crippen molar-refractivity contribution in [3.8, 4) is 0 Å². The Morgan fingerprint density at radius 2 is 2.09 bits per heavy atom. The smallest absolute Gasteiger partial charge is 0.219 e. The van der Waals surface area contributed by atoms with Gasteiger partial charge in [-0.25, -0.2) is 4.98 Å². The van der Waals surface area contributed by atoms with Gasteiger partial charge in [0.05, 0.1) is 0 Å². The normalized spacial score (nSPS) is 22.8. The number of carbonyl (C=O) groups excluding carboxylic acids is 1. The van der Waals surface area contributed by atoms with E-state index >= 15 is 0 Å². The van der Waals surface area contributed by atoms with Crippen LogP contribution in [0.5, 0.6) is 0 Å². The lowest BCUT2D eigenvalue weighted by atomic mass is 9.95. The molecule has 0 aromatic carbocycles. The fourth-order valence-corrected chi connectivity index (χ4v) is 3.71. The predicted molar refractivity (Wildman–Crippen MR) is 88.8 cm³/mol. The lowest BCUT2D eigenvalue weighted by molar-refractivity contribution is -0.127. The third kappa shape index (κ3) is 3.99. The monoisotopic (exact) mass is 301 g/mol. The molecule has 120 valence electrons. The molecule has 1 saturated carbocycles. The Balaban J connectivity index is 1.56. The van der Waals surface area contributed by atoms with E-state index in [0.29, 0.717) is 12.0 Å². The molecule has 1 atom stereocenters. The summed E-state index contributed by atoms with van der Waals surface area (Å²) in [7, 11) is 0. The second-order valence-electron chi connectivity index (χ2n) is 6.82. The highest BCUT2D eigenvalue weighted by Crippen LogP contribution is 2.23. The third-order valence-corrected chi connectivity index (χ3v) is 4.99. The highest BCUT2D eigenvalue weighted by molar-refractivity contribution is 5.73. The first-order valence-electron chi connectivity index (χ1n) is 8.68. The molecule has 1 N–H and O–H groups in total. The van der Waals surface area contributed by atoms with Crippen molar-refractivity contribution in [3.63, 3.8) is 0 Å². The summed E-state index contributed by atoms with van der Waals surface area (Å²) in [6.07, 6.45) is 8.65. The minimum atomic E-state index is 0.197. The first-order chi connectivity index (χ1) is 10.7. The van der Waals surface area contributed by atoms with Crippen LogP contribution < -0.4 is 5.32 Å². The first kappa shape index (κ1) is 15.3. The van der Waals surface area contributed by atoms with Gasteiger partial charge in [-0.1, -0.05) is 25.3 Å². The Morgan fingerprint density at radius 1 is 1.27 bits per heavy atom. The minimum Gasteiger partial charge on any atom is -0.367 e. The average Bonchev–Trinajstić information content (AvgIpc) is 2.97. The zero-order valence-corrected chi connectivity index (χ0v) is 13.6. The number of hydrogen-bond acceptors (Lipinski definition) is 3. The van der Waals surface area contributed by atoms with Crippen molar-refractivity contribution < 1.29 is 4.79 Å². The lowest BCUT2D eigenvalue weighted by Crippen LogP contribution is -2.26. The summed E-state index contributed by atoms with van der Waals surface area (Å²) >= 11 is 0. The van der Waals surface area contributed by atoms with Gasteiger partial charge in [0.1, 0.15) is 5.82 Å². The summed E-state index contributed by atoms with van der Waals surface area (Å²) in [5.74, 6) is 1.77. The summed E-state index contributed by atoms with van der Waals surface area (Å²) in [4.78, 5) is 18.2. The maximum absolute atomic E-state index is 11.4. The number of likely N-dealkylation sites (tertiary alicyclic amines) is 1. The van der Waals surface area contributed by atoms with Crippen LogP contribution >= 0.6 is 0 Å². The first-order valence-corrected chi connectivity index (χ1v) is 8.68. The standard InChI is InChI=1S/C18H27N3O/c1-14(22)21-11-10-15(13-21)12-17-8-5-9-18(20-17)19-16-6-3-2-4-7-16/h5,8-9,15-16H,2-4,6-7,10-13H2,1H3,(H,19,20). The zero-order chi connectivity index (χ0) is 15.4. The zero-order valence-electron chi connectivity index (χ0n) is 13.6. The van der Waals surface area contributed by atoms with Crippen molar-refractivity contribution >= 4 is 11.7 Å². The van der Waals surface area contributed by atoms with Crippen LogP contribution in [0.2, 0.25) is 0 Å². The van der Waals surface area contributed by atoms with Gasteiger partial charge in [-0.3, -0.25) is 4.79 Å². The van der Waals surface area contributed by atoms with Crippen LogP contribution in [0.1, 0.15) is 51.1 Å². The molecule has 2 aliphatic rings. The maximum Gasteiger partial charge on any atom is 0.219 e. The molecule has 22 heavy (non-hydrogen) atoms. The number of hydrogen-bond donors (Lipinski definition) is 1. The Hall–Kier alpha value is -1.58. The Kier molecular flexibility index (Phi) is 4.96. The van der Waals surface area contributed by atoms with Crippen molar-refractivity contribution in [3.05, 3.63) is 23.9 Å². The van der Waals surface area contributed by atoms with Crippen molar-refractivity contribution in [1.29, 1.82) is 0 Å². The molecule has 4 heteroatoms. The van der Waals surface area contributed by atoms with Crippen LogP contribution in [-0.2, 0) is 11.2 Å². The Labute approximate surface area is 133 Å². The highest BCUT2D eigenvalue weighted by Gasteiger charge is 2.24. The number of amides is 1. The molecular formula is C18H27N3O. The van der Waals surface area contributed by atoms with Gasteiger partial charge < -0.3 is 10.2 Å². The average molecular weight is 301 g/mol. The predicted octanol–water partition coefficient (Wildman–Crippen LogP) is 3.24. The number of rotatable bonds is 4. The van der Waals surface area contributed by atoms with E-state index in [4.69, 9.17) is 4.98 Å². The molecule has 1 aliphatic heterocycles. The molecule has 1 aromatic heterocycles. The van der Waals surface area contributed by atoms with E-state index in [2.05, 4.69) is 23.5 Å². The molecule has 0 spiro atoms. The van der Waals surface area contributed by atoms with Gasteiger partial charge in [-0.2, -0.15) is 0 Å². The van der Waals surface area contributed by atoms with Gasteiger partial charge >= 0.3 is 0 Å². The number of aromatic nitrogens is 1. The molecule has 0 radical (unpaired) electrons. The number of carbonyl (C=O) groups is 1. The maximum atomic E-state index is 11.4. The molecule has 2 fully saturated rings. The van der Waals surface area contributed by atoms with Crippen LogP contribution in [0.15, 0.2) is 18.2 Å². The molecule has 1 aromatic rings. The summed E-state index contributed by atoms with van der Waals surface area (Å²) in [6, 6.07) is 6.89. The van der Waals surface area contributed by atoms with E-state index in [9.17, 15) is 4.79 Å². The molecule has 0 bridgehead atoms. The molecule has 1 unspecified atom stereocenters. The van der Waals surface area contributed by atoms with Crippen molar-refractivity contribution in [1.82, 2.24) is 9.88 Å². The summed E-state index contributed by atoms with van der Waals surface area (Å²) < 4.78 is 0. The SMILES string of the molecule is CC(=O)N1CCC(Cc2cccc(NC3CCCCC3)n2)C1. The third-order valence-electron chi connectivity index (χ3n) is 4.99. The van der Waals surface area contributed by atoms with Crippen LogP contribution in [0.25, 0.3) is 0 Å². The second kappa shape index (κ2) is 7.12. The van der Waals surface area contributed by atoms with Crippen LogP contribution in [0.4, 0.5) is 5.82 Å². The number of pyridine rings is 1. The van der Waals surface area contributed by atoms with Gasteiger partial charge in [0.2, 0.25) is 5.91 Å². The minimum absolute atomic E-state index is 0.197. The van der Waals surface area contributed by atoms with Gasteiger partial charge in [0, 0.05) is 31.7 Å².